The lowest BCUT2D eigenvalue weighted by atomic mass is 9.93. The van der Waals surface area contributed by atoms with Gasteiger partial charge in [0, 0.05) is 44.8 Å². The molecule has 4 rings (SSSR count). The third-order valence-corrected chi connectivity index (χ3v) is 9.37. The smallest absolute Gasteiger partial charge is 0.253 e. The van der Waals surface area contributed by atoms with Crippen molar-refractivity contribution in [3.8, 4) is 5.75 Å². The normalized spacial score (nSPS) is 21.9. The molecule has 1 amide bonds. The topological polar surface area (TPSA) is 79.4 Å². The van der Waals surface area contributed by atoms with Crippen molar-refractivity contribution in [2.24, 2.45) is 5.92 Å². The van der Waals surface area contributed by atoms with Crippen molar-refractivity contribution in [3.63, 3.8) is 0 Å². The first-order valence-corrected chi connectivity index (χ1v) is 14.2. The molecule has 0 unspecified atom stereocenters. The van der Waals surface area contributed by atoms with E-state index in [2.05, 4.69) is 4.90 Å². The summed E-state index contributed by atoms with van der Waals surface area (Å²) < 4.78 is 39.2. The SMILES string of the molecule is COc1ccc(C(=O)N2CCC(CCN3CCOCC3)CC2)cc1S(=O)(=O)N1CCCCCC1. The molecule has 9 heteroatoms. The summed E-state index contributed by atoms with van der Waals surface area (Å²) in [5.41, 5.74) is 0.418. The molecule has 190 valence electrons. The van der Waals surface area contributed by atoms with Crippen molar-refractivity contribution in [2.45, 2.75) is 49.8 Å². The molecule has 0 aromatic heterocycles. The molecule has 0 saturated carbocycles. The predicted octanol–water partition coefficient (Wildman–Crippen LogP) is 2.83. The van der Waals surface area contributed by atoms with Crippen LogP contribution in [-0.2, 0) is 14.8 Å². The molecule has 3 aliphatic heterocycles. The Balaban J connectivity index is 1.39. The average molecular weight is 494 g/mol. The van der Waals surface area contributed by atoms with E-state index in [0.717, 1.165) is 77.8 Å². The minimum Gasteiger partial charge on any atom is -0.495 e. The van der Waals surface area contributed by atoms with E-state index in [1.54, 1.807) is 16.4 Å². The maximum Gasteiger partial charge on any atom is 0.253 e. The van der Waals surface area contributed by atoms with Gasteiger partial charge in [-0.05, 0) is 62.8 Å². The van der Waals surface area contributed by atoms with Crippen LogP contribution in [0.1, 0.15) is 55.3 Å². The molecule has 3 saturated heterocycles. The van der Waals surface area contributed by atoms with E-state index in [1.807, 2.05) is 4.90 Å². The average Bonchev–Trinajstić information content (AvgIpc) is 3.18. The molecule has 0 atom stereocenters. The van der Waals surface area contributed by atoms with E-state index < -0.39 is 10.0 Å². The number of hydrogen-bond acceptors (Lipinski definition) is 6. The molecule has 3 heterocycles. The van der Waals surface area contributed by atoms with Crippen LogP contribution in [-0.4, -0.2) is 94.6 Å². The Bertz CT molecular complexity index is 916. The van der Waals surface area contributed by atoms with Gasteiger partial charge in [-0.1, -0.05) is 12.8 Å². The Morgan fingerprint density at radius 1 is 1.00 bits per heavy atom. The summed E-state index contributed by atoms with van der Waals surface area (Å²) in [5.74, 6) is 0.825. The summed E-state index contributed by atoms with van der Waals surface area (Å²) in [6.07, 6.45) is 6.95. The molecule has 3 aliphatic rings. The van der Waals surface area contributed by atoms with E-state index in [4.69, 9.17) is 9.47 Å². The van der Waals surface area contributed by atoms with Crippen molar-refractivity contribution >= 4 is 15.9 Å². The van der Waals surface area contributed by atoms with Crippen LogP contribution in [0.4, 0.5) is 0 Å². The highest BCUT2D eigenvalue weighted by Crippen LogP contribution is 2.30. The molecule has 0 N–H and O–H groups in total. The van der Waals surface area contributed by atoms with Gasteiger partial charge in [-0.25, -0.2) is 8.42 Å². The van der Waals surface area contributed by atoms with Gasteiger partial charge in [0.25, 0.3) is 5.91 Å². The van der Waals surface area contributed by atoms with Crippen molar-refractivity contribution in [1.82, 2.24) is 14.1 Å². The summed E-state index contributed by atoms with van der Waals surface area (Å²) in [6.45, 7) is 7.23. The van der Waals surface area contributed by atoms with Gasteiger partial charge in [-0.2, -0.15) is 4.31 Å². The first kappa shape index (κ1) is 25.4. The van der Waals surface area contributed by atoms with Crippen LogP contribution in [0, 0.1) is 5.92 Å². The molecule has 8 nitrogen and oxygen atoms in total. The number of piperidine rings is 1. The lowest BCUT2D eigenvalue weighted by Gasteiger charge is -2.34. The van der Waals surface area contributed by atoms with Crippen LogP contribution in [0.25, 0.3) is 0 Å². The van der Waals surface area contributed by atoms with Crippen LogP contribution in [0.5, 0.6) is 5.75 Å². The second kappa shape index (κ2) is 11.8. The van der Waals surface area contributed by atoms with Gasteiger partial charge in [-0.3, -0.25) is 9.69 Å². The fourth-order valence-electron chi connectivity index (χ4n) is 5.23. The molecular weight excluding hydrogens is 454 g/mol. The zero-order chi connectivity index (χ0) is 24.0. The fraction of sp³-hybridized carbons (Fsp3) is 0.720. The number of likely N-dealkylation sites (tertiary alicyclic amines) is 1. The van der Waals surface area contributed by atoms with Gasteiger partial charge in [0.1, 0.15) is 10.6 Å². The van der Waals surface area contributed by atoms with E-state index in [0.29, 0.717) is 43.4 Å². The fourth-order valence-corrected chi connectivity index (χ4v) is 6.93. The number of benzene rings is 1. The Morgan fingerprint density at radius 3 is 2.32 bits per heavy atom. The number of hydrogen-bond donors (Lipinski definition) is 0. The maximum atomic E-state index is 13.4. The zero-order valence-corrected chi connectivity index (χ0v) is 21.2. The number of carbonyl (C=O) groups is 1. The highest BCUT2D eigenvalue weighted by molar-refractivity contribution is 7.89. The van der Waals surface area contributed by atoms with Crippen LogP contribution in [0.3, 0.4) is 0 Å². The first-order valence-electron chi connectivity index (χ1n) is 12.8. The van der Waals surface area contributed by atoms with Crippen LogP contribution >= 0.6 is 0 Å². The standard InChI is InChI=1S/C25H39N3O5S/c1-32-23-7-6-22(20-24(23)34(30,31)28-11-4-2-3-5-12-28)25(29)27-14-9-21(10-15-27)8-13-26-16-18-33-19-17-26/h6-7,20-21H,2-5,8-19H2,1H3. The van der Waals surface area contributed by atoms with Crippen molar-refractivity contribution < 1.29 is 22.7 Å². The number of rotatable bonds is 7. The van der Waals surface area contributed by atoms with Crippen molar-refractivity contribution in [2.75, 3.05) is 66.1 Å². The number of carbonyl (C=O) groups excluding carboxylic acids is 1. The summed E-state index contributed by atoms with van der Waals surface area (Å²) in [4.78, 5) is 17.7. The van der Waals surface area contributed by atoms with E-state index in [-0.39, 0.29) is 10.8 Å². The number of sulfonamides is 1. The van der Waals surface area contributed by atoms with Crippen LogP contribution in [0.15, 0.2) is 23.1 Å². The van der Waals surface area contributed by atoms with Gasteiger partial charge in [0.15, 0.2) is 0 Å². The minimum atomic E-state index is -3.72. The summed E-state index contributed by atoms with van der Waals surface area (Å²) in [7, 11) is -2.25. The molecule has 0 spiro atoms. The summed E-state index contributed by atoms with van der Waals surface area (Å²) in [5, 5.41) is 0. The second-order valence-corrected chi connectivity index (χ2v) is 11.6. The van der Waals surface area contributed by atoms with Crippen molar-refractivity contribution in [3.05, 3.63) is 23.8 Å². The van der Waals surface area contributed by atoms with Crippen LogP contribution < -0.4 is 4.74 Å². The summed E-state index contributed by atoms with van der Waals surface area (Å²) >= 11 is 0. The maximum absolute atomic E-state index is 13.4. The molecule has 0 radical (unpaired) electrons. The molecule has 34 heavy (non-hydrogen) atoms. The third kappa shape index (κ3) is 6.11. The molecule has 0 aliphatic carbocycles. The highest BCUT2D eigenvalue weighted by Gasteiger charge is 2.30. The quantitative estimate of drug-likeness (QED) is 0.581. The van der Waals surface area contributed by atoms with Crippen molar-refractivity contribution in [1.29, 1.82) is 0 Å². The largest absolute Gasteiger partial charge is 0.495 e. The first-order chi connectivity index (χ1) is 16.5. The minimum absolute atomic E-state index is 0.0957. The molecule has 3 fully saturated rings. The number of nitrogens with zero attached hydrogens (tertiary/aromatic N) is 3. The van der Waals surface area contributed by atoms with E-state index >= 15 is 0 Å². The van der Waals surface area contributed by atoms with Gasteiger partial charge in [0.05, 0.1) is 20.3 Å². The van der Waals surface area contributed by atoms with Crippen LogP contribution in [0.2, 0.25) is 0 Å². The van der Waals surface area contributed by atoms with E-state index in [9.17, 15) is 13.2 Å². The third-order valence-electron chi connectivity index (χ3n) is 7.45. The molecule has 1 aromatic rings. The molecule has 1 aromatic carbocycles. The van der Waals surface area contributed by atoms with Gasteiger partial charge in [0.2, 0.25) is 10.0 Å². The zero-order valence-electron chi connectivity index (χ0n) is 20.4. The Labute approximate surface area is 204 Å². The monoisotopic (exact) mass is 493 g/mol. The lowest BCUT2D eigenvalue weighted by Crippen LogP contribution is -2.41. The number of methoxy groups -OCH3 is 1. The van der Waals surface area contributed by atoms with Gasteiger partial charge >= 0.3 is 0 Å². The van der Waals surface area contributed by atoms with Gasteiger partial charge < -0.3 is 14.4 Å². The number of ether oxygens (including phenoxy) is 2. The molecule has 0 bridgehead atoms. The Morgan fingerprint density at radius 2 is 1.68 bits per heavy atom. The number of morpholine rings is 1. The lowest BCUT2D eigenvalue weighted by molar-refractivity contribution is 0.0332. The molecular formula is C25H39N3O5S. The number of amides is 1. The second-order valence-electron chi connectivity index (χ2n) is 9.66. The van der Waals surface area contributed by atoms with E-state index in [1.165, 1.54) is 13.2 Å². The summed E-state index contributed by atoms with van der Waals surface area (Å²) in [6, 6.07) is 4.83. The predicted molar refractivity (Wildman–Crippen MR) is 131 cm³/mol. The van der Waals surface area contributed by atoms with Gasteiger partial charge in [-0.15, -0.1) is 0 Å². The highest BCUT2D eigenvalue weighted by atomic mass is 32.2. The Hall–Kier alpha value is -1.68. The Kier molecular flexibility index (Phi) is 8.85.